The lowest BCUT2D eigenvalue weighted by Gasteiger charge is -1.97. The van der Waals surface area contributed by atoms with Crippen LogP contribution in [0, 0.1) is 0 Å². The molecule has 2 aromatic heterocycles. The van der Waals surface area contributed by atoms with Gasteiger partial charge in [0, 0.05) is 6.54 Å². The van der Waals surface area contributed by atoms with Crippen molar-refractivity contribution in [1.82, 2.24) is 20.2 Å². The lowest BCUT2D eigenvalue weighted by atomic mass is 10.5. The molecule has 14 heavy (non-hydrogen) atoms. The van der Waals surface area contributed by atoms with Crippen molar-refractivity contribution in [3.8, 4) is 0 Å². The van der Waals surface area contributed by atoms with E-state index in [-0.39, 0.29) is 0 Å². The van der Waals surface area contributed by atoms with Crippen LogP contribution in [0.5, 0.6) is 0 Å². The Morgan fingerprint density at radius 1 is 1.36 bits per heavy atom. The maximum Gasteiger partial charge on any atom is 0.180 e. The molecule has 72 valence electrons. The van der Waals surface area contributed by atoms with E-state index in [0.29, 0.717) is 6.54 Å². The third kappa shape index (κ3) is 2.25. The topological polar surface area (TPSA) is 77.6 Å². The highest BCUT2D eigenvalue weighted by Gasteiger charge is 2.02. The molecule has 0 aliphatic heterocycles. The molecule has 0 fully saturated rings. The molecule has 0 aromatic carbocycles. The highest BCUT2D eigenvalue weighted by molar-refractivity contribution is 8.00. The monoisotopic (exact) mass is 225 g/mol. The summed E-state index contributed by atoms with van der Waals surface area (Å²) >= 11 is 2.92. The normalized spacial score (nSPS) is 10.4. The van der Waals surface area contributed by atoms with Crippen molar-refractivity contribution in [2.75, 3.05) is 0 Å². The lowest BCUT2D eigenvalue weighted by molar-refractivity contribution is 0.921. The quantitative estimate of drug-likeness (QED) is 0.837. The molecule has 2 N–H and O–H groups in total. The highest BCUT2D eigenvalue weighted by atomic mass is 32.2. The molecular formula is C7H7N5S2. The second kappa shape index (κ2) is 4.45. The number of rotatable bonds is 3. The molecule has 0 spiro atoms. The van der Waals surface area contributed by atoms with Gasteiger partial charge in [-0.05, 0) is 11.8 Å². The Bertz CT molecular complexity index is 385. The minimum atomic E-state index is 0.413. The first kappa shape index (κ1) is 9.50. The van der Waals surface area contributed by atoms with Crippen molar-refractivity contribution in [2.24, 2.45) is 5.73 Å². The van der Waals surface area contributed by atoms with Crippen molar-refractivity contribution >= 4 is 23.1 Å². The molecule has 0 saturated carbocycles. The van der Waals surface area contributed by atoms with Crippen molar-refractivity contribution in [1.29, 1.82) is 0 Å². The summed E-state index contributed by atoms with van der Waals surface area (Å²) in [6.45, 7) is 0.413. The summed E-state index contributed by atoms with van der Waals surface area (Å²) in [7, 11) is 0. The van der Waals surface area contributed by atoms with Gasteiger partial charge in [0.05, 0.1) is 18.1 Å². The predicted octanol–water partition coefficient (Wildman–Crippen LogP) is 0.938. The second-order valence-electron chi connectivity index (χ2n) is 2.36. The van der Waals surface area contributed by atoms with Gasteiger partial charge in [-0.15, -0.1) is 10.2 Å². The van der Waals surface area contributed by atoms with Crippen molar-refractivity contribution < 1.29 is 0 Å². The molecule has 2 aromatic rings. The molecule has 0 atom stereocenters. The summed E-state index contributed by atoms with van der Waals surface area (Å²) in [6, 6.07) is 0. The van der Waals surface area contributed by atoms with Gasteiger partial charge in [0.15, 0.2) is 4.34 Å². The molecule has 0 aliphatic carbocycles. The van der Waals surface area contributed by atoms with Crippen LogP contribution >= 0.6 is 23.1 Å². The Balaban J connectivity index is 2.10. The van der Waals surface area contributed by atoms with Crippen LogP contribution in [-0.2, 0) is 6.54 Å². The van der Waals surface area contributed by atoms with Gasteiger partial charge >= 0.3 is 0 Å². The molecule has 0 bridgehead atoms. The van der Waals surface area contributed by atoms with Gasteiger partial charge in [-0.3, -0.25) is 4.98 Å². The first-order valence-electron chi connectivity index (χ1n) is 3.83. The third-order valence-electron chi connectivity index (χ3n) is 1.42. The SMILES string of the molecule is NCc1cnc(Sc2nncs2)cn1. The molecule has 2 heterocycles. The van der Waals surface area contributed by atoms with Crippen LogP contribution < -0.4 is 5.73 Å². The average Bonchev–Trinajstić information content (AvgIpc) is 2.72. The Morgan fingerprint density at radius 2 is 2.29 bits per heavy atom. The van der Waals surface area contributed by atoms with Gasteiger partial charge in [-0.1, -0.05) is 11.3 Å². The third-order valence-corrected chi connectivity index (χ3v) is 3.12. The van der Waals surface area contributed by atoms with Crippen LogP contribution in [0.1, 0.15) is 5.69 Å². The summed E-state index contributed by atoms with van der Waals surface area (Å²) in [5, 5.41) is 8.43. The fourth-order valence-electron chi connectivity index (χ4n) is 0.798. The average molecular weight is 225 g/mol. The van der Waals surface area contributed by atoms with E-state index in [1.807, 2.05) is 0 Å². The summed E-state index contributed by atoms with van der Waals surface area (Å²) in [5.41, 5.74) is 7.87. The Hall–Kier alpha value is -1.05. The van der Waals surface area contributed by atoms with Crippen LogP contribution in [0.3, 0.4) is 0 Å². The van der Waals surface area contributed by atoms with E-state index in [1.165, 1.54) is 23.1 Å². The van der Waals surface area contributed by atoms with Crippen LogP contribution in [0.4, 0.5) is 0 Å². The molecule has 0 radical (unpaired) electrons. The molecule has 7 heteroatoms. The standard InChI is InChI=1S/C7H7N5S2/c8-1-5-2-10-6(3-9-5)14-7-12-11-4-13-7/h2-4H,1,8H2. The summed E-state index contributed by atoms with van der Waals surface area (Å²) in [5.74, 6) is 0. The van der Waals surface area contributed by atoms with Crippen molar-refractivity contribution in [3.63, 3.8) is 0 Å². The fraction of sp³-hybridized carbons (Fsp3) is 0.143. The van der Waals surface area contributed by atoms with Gasteiger partial charge in [0.25, 0.3) is 0 Å². The zero-order valence-electron chi connectivity index (χ0n) is 7.12. The van der Waals surface area contributed by atoms with Gasteiger partial charge in [0.2, 0.25) is 0 Å². The largest absolute Gasteiger partial charge is 0.325 e. The zero-order chi connectivity index (χ0) is 9.80. The lowest BCUT2D eigenvalue weighted by Crippen LogP contribution is -1.99. The molecular weight excluding hydrogens is 218 g/mol. The summed E-state index contributed by atoms with van der Waals surface area (Å²) in [6.07, 6.45) is 3.36. The van der Waals surface area contributed by atoms with E-state index in [9.17, 15) is 0 Å². The van der Waals surface area contributed by atoms with Crippen LogP contribution in [-0.4, -0.2) is 20.2 Å². The van der Waals surface area contributed by atoms with E-state index in [4.69, 9.17) is 5.73 Å². The summed E-state index contributed by atoms with van der Waals surface area (Å²) in [4.78, 5) is 8.31. The smallest absolute Gasteiger partial charge is 0.180 e. The predicted molar refractivity (Wildman–Crippen MR) is 54.0 cm³/mol. The molecule has 5 nitrogen and oxygen atoms in total. The Morgan fingerprint density at radius 3 is 2.86 bits per heavy atom. The Kier molecular flexibility index (Phi) is 3.02. The van der Waals surface area contributed by atoms with Crippen LogP contribution in [0.15, 0.2) is 27.3 Å². The number of nitrogens with two attached hydrogens (primary N) is 1. The van der Waals surface area contributed by atoms with E-state index in [2.05, 4.69) is 20.2 Å². The first-order chi connectivity index (χ1) is 6.88. The van der Waals surface area contributed by atoms with Crippen LogP contribution in [0.2, 0.25) is 0 Å². The first-order valence-corrected chi connectivity index (χ1v) is 5.53. The second-order valence-corrected chi connectivity index (χ2v) is 4.46. The van der Waals surface area contributed by atoms with Crippen LogP contribution in [0.25, 0.3) is 0 Å². The zero-order valence-corrected chi connectivity index (χ0v) is 8.75. The van der Waals surface area contributed by atoms with E-state index in [0.717, 1.165) is 15.1 Å². The molecule has 0 aliphatic rings. The number of aromatic nitrogens is 4. The maximum absolute atomic E-state index is 5.41. The number of hydrogen-bond donors (Lipinski definition) is 1. The maximum atomic E-state index is 5.41. The van der Waals surface area contributed by atoms with Gasteiger partial charge < -0.3 is 5.73 Å². The minimum Gasteiger partial charge on any atom is -0.325 e. The minimum absolute atomic E-state index is 0.413. The van der Waals surface area contributed by atoms with E-state index in [1.54, 1.807) is 17.9 Å². The number of nitrogens with zero attached hydrogens (tertiary/aromatic N) is 4. The van der Waals surface area contributed by atoms with Gasteiger partial charge in [0.1, 0.15) is 10.5 Å². The van der Waals surface area contributed by atoms with E-state index < -0.39 is 0 Å². The van der Waals surface area contributed by atoms with Crippen molar-refractivity contribution in [3.05, 3.63) is 23.6 Å². The highest BCUT2D eigenvalue weighted by Crippen LogP contribution is 2.25. The molecule has 0 unspecified atom stereocenters. The van der Waals surface area contributed by atoms with Gasteiger partial charge in [-0.25, -0.2) is 4.98 Å². The molecule has 0 amide bonds. The molecule has 2 rings (SSSR count). The fourth-order valence-corrected chi connectivity index (χ4v) is 2.13. The summed E-state index contributed by atoms with van der Waals surface area (Å²) < 4.78 is 0.861. The number of hydrogen-bond acceptors (Lipinski definition) is 7. The van der Waals surface area contributed by atoms with Gasteiger partial charge in [-0.2, -0.15) is 0 Å². The Labute approximate surface area is 88.8 Å². The molecule has 0 saturated heterocycles. The van der Waals surface area contributed by atoms with E-state index >= 15 is 0 Å². The van der Waals surface area contributed by atoms with Crippen molar-refractivity contribution in [2.45, 2.75) is 15.9 Å².